The Bertz CT molecular complexity index is 604. The lowest BCUT2D eigenvalue weighted by molar-refractivity contribution is -0.112. The Morgan fingerprint density at radius 1 is 1.26 bits per heavy atom. The van der Waals surface area contributed by atoms with Crippen molar-refractivity contribution in [2.45, 2.75) is 6.92 Å². The van der Waals surface area contributed by atoms with Crippen molar-refractivity contribution in [2.24, 2.45) is 0 Å². The van der Waals surface area contributed by atoms with Crippen molar-refractivity contribution >= 4 is 23.4 Å². The van der Waals surface area contributed by atoms with Crippen molar-refractivity contribution in [3.05, 3.63) is 54.2 Å². The van der Waals surface area contributed by atoms with Crippen LogP contribution in [0.25, 0.3) is 6.08 Å². The maximum absolute atomic E-state index is 11.0. The maximum Gasteiger partial charge on any atom is 0.152 e. The van der Waals surface area contributed by atoms with E-state index < -0.39 is 0 Å². The number of benzene rings is 1. The predicted molar refractivity (Wildman–Crippen MR) is 75.3 cm³/mol. The number of aromatic hydroxyl groups is 1. The molecule has 0 amide bonds. The summed E-state index contributed by atoms with van der Waals surface area (Å²) in [4.78, 5) is 15.2. The summed E-state index contributed by atoms with van der Waals surface area (Å²) in [7, 11) is 0. The predicted octanol–water partition coefficient (Wildman–Crippen LogP) is 3.13. The van der Waals surface area contributed by atoms with Crippen molar-refractivity contribution in [2.75, 3.05) is 5.32 Å². The van der Waals surface area contributed by atoms with Gasteiger partial charge in [-0.25, -0.2) is 4.98 Å². The Labute approximate surface area is 111 Å². The van der Waals surface area contributed by atoms with Crippen LogP contribution in [0.1, 0.15) is 12.5 Å². The zero-order valence-electron chi connectivity index (χ0n) is 10.5. The summed E-state index contributed by atoms with van der Waals surface area (Å²) in [5, 5.41) is 12.4. The minimum atomic E-state index is -0.0144. The summed E-state index contributed by atoms with van der Waals surface area (Å²) < 4.78 is 0. The van der Waals surface area contributed by atoms with Gasteiger partial charge in [0.2, 0.25) is 0 Å². The van der Waals surface area contributed by atoms with Crippen molar-refractivity contribution in [1.29, 1.82) is 0 Å². The van der Waals surface area contributed by atoms with Gasteiger partial charge in [-0.2, -0.15) is 0 Å². The molecule has 0 saturated carbocycles. The largest absolute Gasteiger partial charge is 0.508 e. The van der Waals surface area contributed by atoms with E-state index in [-0.39, 0.29) is 11.5 Å². The number of carbonyl (C=O) groups is 1. The Hall–Kier alpha value is -2.62. The minimum Gasteiger partial charge on any atom is -0.508 e. The molecule has 1 aromatic heterocycles. The van der Waals surface area contributed by atoms with Crippen LogP contribution in [0.15, 0.2) is 48.7 Å². The number of aromatic nitrogens is 1. The van der Waals surface area contributed by atoms with Crippen molar-refractivity contribution in [3.63, 3.8) is 0 Å². The topological polar surface area (TPSA) is 62.2 Å². The molecule has 0 atom stereocenters. The van der Waals surface area contributed by atoms with E-state index in [1.807, 2.05) is 12.1 Å². The van der Waals surface area contributed by atoms with Gasteiger partial charge in [-0.05, 0) is 55.5 Å². The Morgan fingerprint density at radius 2 is 2.00 bits per heavy atom. The molecule has 4 heteroatoms. The summed E-state index contributed by atoms with van der Waals surface area (Å²) in [6.07, 6.45) is 4.89. The molecule has 0 bridgehead atoms. The fourth-order valence-electron chi connectivity index (χ4n) is 1.55. The first-order valence-corrected chi connectivity index (χ1v) is 5.85. The van der Waals surface area contributed by atoms with E-state index in [1.54, 1.807) is 36.5 Å². The first-order valence-electron chi connectivity index (χ1n) is 5.85. The number of hydrogen-bond donors (Lipinski definition) is 2. The normalized spacial score (nSPS) is 10.6. The van der Waals surface area contributed by atoms with E-state index in [0.29, 0.717) is 5.82 Å². The quantitative estimate of drug-likeness (QED) is 0.650. The fourth-order valence-corrected chi connectivity index (χ4v) is 1.55. The van der Waals surface area contributed by atoms with Crippen LogP contribution in [0.2, 0.25) is 0 Å². The van der Waals surface area contributed by atoms with E-state index >= 15 is 0 Å². The fraction of sp³-hybridized carbons (Fsp3) is 0.0667. The highest BCUT2D eigenvalue weighted by atomic mass is 16.3. The molecule has 1 heterocycles. The lowest BCUT2D eigenvalue weighted by atomic mass is 10.2. The van der Waals surface area contributed by atoms with E-state index in [2.05, 4.69) is 10.3 Å². The number of carbonyl (C=O) groups excluding carboxylic acids is 1. The Morgan fingerprint density at radius 3 is 2.68 bits per heavy atom. The van der Waals surface area contributed by atoms with Crippen molar-refractivity contribution in [1.82, 2.24) is 4.98 Å². The standard InChI is InChI=1S/C15H14N2O2/c1-11(18)4-5-12-3-2-10-16-15(12)17-13-6-8-14(19)9-7-13/h2-10,19H,1H3,(H,16,17)/b5-4+. The summed E-state index contributed by atoms with van der Waals surface area (Å²) in [6.45, 7) is 1.50. The molecule has 0 radical (unpaired) electrons. The van der Waals surface area contributed by atoms with Crippen LogP contribution in [-0.4, -0.2) is 15.9 Å². The van der Waals surface area contributed by atoms with Crippen molar-refractivity contribution in [3.8, 4) is 5.75 Å². The first kappa shape index (κ1) is 12.8. The second-order valence-electron chi connectivity index (χ2n) is 4.06. The number of phenolic OH excluding ortho intramolecular Hbond substituents is 1. The molecule has 0 unspecified atom stereocenters. The van der Waals surface area contributed by atoms with Gasteiger partial charge in [-0.1, -0.05) is 0 Å². The molecule has 0 aliphatic carbocycles. The highest BCUT2D eigenvalue weighted by Gasteiger charge is 2.01. The number of allylic oxidation sites excluding steroid dienone is 1. The lowest BCUT2D eigenvalue weighted by Crippen LogP contribution is -1.95. The molecule has 2 aromatic rings. The summed E-state index contributed by atoms with van der Waals surface area (Å²) in [6, 6.07) is 10.4. The van der Waals surface area contributed by atoms with E-state index in [0.717, 1.165) is 11.3 Å². The number of hydrogen-bond acceptors (Lipinski definition) is 4. The highest BCUT2D eigenvalue weighted by Crippen LogP contribution is 2.21. The van der Waals surface area contributed by atoms with Gasteiger partial charge in [0.25, 0.3) is 0 Å². The van der Waals surface area contributed by atoms with Gasteiger partial charge in [-0.3, -0.25) is 4.79 Å². The van der Waals surface area contributed by atoms with Crippen LogP contribution in [-0.2, 0) is 4.79 Å². The second-order valence-corrected chi connectivity index (χ2v) is 4.06. The first-order chi connectivity index (χ1) is 9.15. The van der Waals surface area contributed by atoms with Crippen LogP contribution in [0.4, 0.5) is 11.5 Å². The number of nitrogens with one attached hydrogen (secondary N) is 1. The molecule has 96 valence electrons. The molecule has 4 nitrogen and oxygen atoms in total. The van der Waals surface area contributed by atoms with Crippen LogP contribution < -0.4 is 5.32 Å². The monoisotopic (exact) mass is 254 g/mol. The smallest absolute Gasteiger partial charge is 0.152 e. The van der Waals surface area contributed by atoms with Gasteiger partial charge >= 0.3 is 0 Å². The number of rotatable bonds is 4. The SMILES string of the molecule is CC(=O)/C=C/c1cccnc1Nc1ccc(O)cc1. The molecular weight excluding hydrogens is 240 g/mol. The molecule has 0 spiro atoms. The van der Waals surface area contributed by atoms with Crippen molar-refractivity contribution < 1.29 is 9.90 Å². The average Bonchev–Trinajstić information content (AvgIpc) is 2.40. The minimum absolute atomic E-state index is 0.0144. The van der Waals surface area contributed by atoms with Gasteiger partial charge in [0, 0.05) is 17.4 Å². The third-order valence-corrected chi connectivity index (χ3v) is 2.47. The summed E-state index contributed by atoms with van der Waals surface area (Å²) in [5.41, 5.74) is 1.64. The lowest BCUT2D eigenvalue weighted by Gasteiger charge is -2.08. The average molecular weight is 254 g/mol. The molecule has 0 fully saturated rings. The van der Waals surface area contributed by atoms with Gasteiger partial charge in [0.05, 0.1) is 0 Å². The molecule has 2 N–H and O–H groups in total. The molecule has 1 aromatic carbocycles. The van der Waals surface area contributed by atoms with E-state index in [1.165, 1.54) is 13.0 Å². The maximum atomic E-state index is 11.0. The number of phenols is 1. The number of pyridine rings is 1. The van der Waals surface area contributed by atoms with Gasteiger partial charge in [-0.15, -0.1) is 0 Å². The van der Waals surface area contributed by atoms with Gasteiger partial charge in [0.1, 0.15) is 11.6 Å². The third-order valence-electron chi connectivity index (χ3n) is 2.47. The molecule has 0 aliphatic rings. The van der Waals surface area contributed by atoms with E-state index in [4.69, 9.17) is 0 Å². The molecule has 0 saturated heterocycles. The summed E-state index contributed by atoms with van der Waals surface area (Å²) in [5.74, 6) is 0.855. The summed E-state index contributed by atoms with van der Waals surface area (Å²) >= 11 is 0. The highest BCUT2D eigenvalue weighted by molar-refractivity contribution is 5.92. The Kier molecular flexibility index (Phi) is 3.93. The van der Waals surface area contributed by atoms with Crippen LogP contribution in [0.3, 0.4) is 0 Å². The number of nitrogens with zero attached hydrogens (tertiary/aromatic N) is 1. The second kappa shape index (κ2) is 5.82. The molecule has 2 rings (SSSR count). The van der Waals surface area contributed by atoms with Crippen LogP contribution >= 0.6 is 0 Å². The van der Waals surface area contributed by atoms with Gasteiger partial charge < -0.3 is 10.4 Å². The van der Waals surface area contributed by atoms with E-state index in [9.17, 15) is 9.90 Å². The molecule has 19 heavy (non-hydrogen) atoms. The van der Waals surface area contributed by atoms with Gasteiger partial charge in [0.15, 0.2) is 5.78 Å². The molecule has 0 aliphatic heterocycles. The third kappa shape index (κ3) is 3.67. The zero-order chi connectivity index (χ0) is 13.7. The van der Waals surface area contributed by atoms with Crippen LogP contribution in [0.5, 0.6) is 5.75 Å². The zero-order valence-corrected chi connectivity index (χ0v) is 10.5. The number of anilines is 2. The number of ketones is 1. The molecular formula is C15H14N2O2. The Balaban J connectivity index is 2.24. The van der Waals surface area contributed by atoms with Crippen LogP contribution in [0, 0.1) is 0 Å².